The summed E-state index contributed by atoms with van der Waals surface area (Å²) in [5, 5.41) is 3.04. The van der Waals surface area contributed by atoms with Crippen molar-refractivity contribution in [2.75, 3.05) is 12.3 Å². The molecule has 1 aromatic carbocycles. The summed E-state index contributed by atoms with van der Waals surface area (Å²) in [5.41, 5.74) is 8.75. The first-order valence-electron chi connectivity index (χ1n) is 7.79. The van der Waals surface area contributed by atoms with E-state index in [0.29, 0.717) is 12.0 Å². The summed E-state index contributed by atoms with van der Waals surface area (Å²) in [6.45, 7) is 6.20. The van der Waals surface area contributed by atoms with E-state index in [1.807, 2.05) is 19.1 Å². The molecular formula is C17H26N2O2. The molecule has 1 saturated carbocycles. The van der Waals surface area contributed by atoms with Gasteiger partial charge in [-0.3, -0.25) is 4.79 Å². The molecule has 0 spiro atoms. The Balaban J connectivity index is 1.98. The van der Waals surface area contributed by atoms with E-state index in [1.54, 1.807) is 0 Å². The Hall–Kier alpha value is -1.71. The first-order valence-corrected chi connectivity index (χ1v) is 7.79. The van der Waals surface area contributed by atoms with Crippen LogP contribution in [0.1, 0.15) is 56.6 Å². The zero-order valence-corrected chi connectivity index (χ0v) is 13.2. The second-order valence-corrected chi connectivity index (χ2v) is 6.24. The summed E-state index contributed by atoms with van der Waals surface area (Å²) in [6, 6.07) is 4.20. The van der Waals surface area contributed by atoms with Crippen LogP contribution in [0.4, 0.5) is 5.69 Å². The molecule has 0 aromatic heterocycles. The number of anilines is 1. The number of hydrogen-bond donors (Lipinski definition) is 2. The molecule has 0 bridgehead atoms. The smallest absolute Gasteiger partial charge is 0.258 e. The molecule has 0 aliphatic heterocycles. The number of nitrogens with two attached hydrogens (primary N) is 1. The van der Waals surface area contributed by atoms with Crippen molar-refractivity contribution in [2.24, 2.45) is 0 Å². The molecule has 1 aliphatic rings. The number of rotatable bonds is 5. The van der Waals surface area contributed by atoms with Crippen molar-refractivity contribution in [1.29, 1.82) is 0 Å². The molecule has 3 N–H and O–H groups in total. The molecule has 4 heteroatoms. The van der Waals surface area contributed by atoms with Crippen LogP contribution < -0.4 is 15.8 Å². The standard InChI is InChI=1S/C17H26N2O2/c1-11(2)14-9-15(18)12(3)8-16(14)21-10-17(20)19-13-6-4-5-7-13/h8-9,11,13H,4-7,10,18H2,1-3H3,(H,19,20). The number of ether oxygens (including phenoxy) is 1. The topological polar surface area (TPSA) is 64.3 Å². The lowest BCUT2D eigenvalue weighted by atomic mass is 9.99. The van der Waals surface area contributed by atoms with Crippen molar-refractivity contribution in [3.8, 4) is 5.75 Å². The van der Waals surface area contributed by atoms with Crippen molar-refractivity contribution in [1.82, 2.24) is 5.32 Å². The fourth-order valence-electron chi connectivity index (χ4n) is 2.77. The molecule has 1 fully saturated rings. The van der Waals surface area contributed by atoms with Crippen molar-refractivity contribution >= 4 is 11.6 Å². The maximum Gasteiger partial charge on any atom is 0.258 e. The minimum atomic E-state index is -0.0360. The van der Waals surface area contributed by atoms with Gasteiger partial charge in [0.25, 0.3) is 5.91 Å². The van der Waals surface area contributed by atoms with Gasteiger partial charge in [0.15, 0.2) is 6.61 Å². The van der Waals surface area contributed by atoms with Crippen molar-refractivity contribution < 1.29 is 9.53 Å². The van der Waals surface area contributed by atoms with Crippen molar-refractivity contribution in [3.63, 3.8) is 0 Å². The van der Waals surface area contributed by atoms with Crippen LogP contribution >= 0.6 is 0 Å². The Labute approximate surface area is 127 Å². The van der Waals surface area contributed by atoms with Gasteiger partial charge in [-0.25, -0.2) is 0 Å². The van der Waals surface area contributed by atoms with Crippen LogP contribution in [-0.4, -0.2) is 18.6 Å². The predicted molar refractivity (Wildman–Crippen MR) is 85.6 cm³/mol. The maximum absolute atomic E-state index is 11.9. The Morgan fingerprint density at radius 1 is 1.38 bits per heavy atom. The molecule has 1 amide bonds. The number of hydrogen-bond acceptors (Lipinski definition) is 3. The highest BCUT2D eigenvalue weighted by Crippen LogP contribution is 2.30. The first-order chi connectivity index (χ1) is 9.97. The van der Waals surface area contributed by atoms with Gasteiger partial charge < -0.3 is 15.8 Å². The van der Waals surface area contributed by atoms with Gasteiger partial charge in [-0.1, -0.05) is 26.7 Å². The zero-order valence-electron chi connectivity index (χ0n) is 13.2. The summed E-state index contributed by atoms with van der Waals surface area (Å²) >= 11 is 0. The second-order valence-electron chi connectivity index (χ2n) is 6.24. The normalized spacial score (nSPS) is 15.4. The fourth-order valence-corrected chi connectivity index (χ4v) is 2.77. The van der Waals surface area contributed by atoms with Crippen molar-refractivity contribution in [2.45, 2.75) is 58.4 Å². The van der Waals surface area contributed by atoms with Gasteiger partial charge in [0.05, 0.1) is 0 Å². The number of aryl methyl sites for hydroxylation is 1. The maximum atomic E-state index is 11.9. The lowest BCUT2D eigenvalue weighted by Gasteiger charge is -2.17. The van der Waals surface area contributed by atoms with E-state index >= 15 is 0 Å². The van der Waals surface area contributed by atoms with Gasteiger partial charge in [0.2, 0.25) is 0 Å². The van der Waals surface area contributed by atoms with Gasteiger partial charge in [0.1, 0.15) is 5.75 Å². The number of nitrogens with one attached hydrogen (secondary N) is 1. The van der Waals surface area contributed by atoms with Gasteiger partial charge in [-0.2, -0.15) is 0 Å². The Kier molecular flexibility index (Phi) is 5.10. The lowest BCUT2D eigenvalue weighted by Crippen LogP contribution is -2.36. The van der Waals surface area contributed by atoms with E-state index in [-0.39, 0.29) is 12.5 Å². The highest BCUT2D eigenvalue weighted by molar-refractivity contribution is 5.78. The Bertz CT molecular complexity index is 506. The average Bonchev–Trinajstić information content (AvgIpc) is 2.92. The quantitative estimate of drug-likeness (QED) is 0.819. The summed E-state index contributed by atoms with van der Waals surface area (Å²) in [5.74, 6) is 1.03. The Morgan fingerprint density at radius 3 is 2.67 bits per heavy atom. The van der Waals surface area contributed by atoms with E-state index in [2.05, 4.69) is 19.2 Å². The summed E-state index contributed by atoms with van der Waals surface area (Å²) in [6.07, 6.45) is 4.59. The van der Waals surface area contributed by atoms with Gasteiger partial charge in [-0.15, -0.1) is 0 Å². The summed E-state index contributed by atoms with van der Waals surface area (Å²) < 4.78 is 5.74. The van der Waals surface area contributed by atoms with E-state index in [4.69, 9.17) is 10.5 Å². The van der Waals surface area contributed by atoms with Gasteiger partial charge in [0, 0.05) is 11.7 Å². The third kappa shape index (κ3) is 4.13. The van der Waals surface area contributed by atoms with Crippen LogP contribution in [0.25, 0.3) is 0 Å². The van der Waals surface area contributed by atoms with E-state index in [9.17, 15) is 4.79 Å². The number of carbonyl (C=O) groups excluding carboxylic acids is 1. The van der Waals surface area contributed by atoms with E-state index in [0.717, 1.165) is 35.4 Å². The van der Waals surface area contributed by atoms with Crippen LogP contribution in [-0.2, 0) is 4.79 Å². The molecular weight excluding hydrogens is 264 g/mol. The van der Waals surface area contributed by atoms with Crippen LogP contribution in [0, 0.1) is 6.92 Å². The third-order valence-corrected chi connectivity index (χ3v) is 4.10. The highest BCUT2D eigenvalue weighted by Gasteiger charge is 2.18. The molecule has 1 aromatic rings. The predicted octanol–water partition coefficient (Wildman–Crippen LogP) is 3.14. The summed E-state index contributed by atoms with van der Waals surface area (Å²) in [4.78, 5) is 11.9. The number of nitrogen functional groups attached to an aromatic ring is 1. The van der Waals surface area contributed by atoms with Crippen LogP contribution in [0.15, 0.2) is 12.1 Å². The molecule has 1 aliphatic carbocycles. The second kappa shape index (κ2) is 6.83. The van der Waals surface area contributed by atoms with Crippen LogP contribution in [0.5, 0.6) is 5.75 Å². The Morgan fingerprint density at radius 2 is 2.05 bits per heavy atom. The van der Waals surface area contributed by atoms with Crippen molar-refractivity contribution in [3.05, 3.63) is 23.3 Å². The van der Waals surface area contributed by atoms with E-state index in [1.165, 1.54) is 12.8 Å². The zero-order chi connectivity index (χ0) is 15.4. The third-order valence-electron chi connectivity index (χ3n) is 4.10. The van der Waals surface area contributed by atoms with Crippen LogP contribution in [0.2, 0.25) is 0 Å². The molecule has 116 valence electrons. The fraction of sp³-hybridized carbons (Fsp3) is 0.588. The SMILES string of the molecule is Cc1cc(OCC(=O)NC2CCCC2)c(C(C)C)cc1N. The highest BCUT2D eigenvalue weighted by atomic mass is 16.5. The molecule has 4 nitrogen and oxygen atoms in total. The van der Waals surface area contributed by atoms with Crippen LogP contribution in [0.3, 0.4) is 0 Å². The minimum absolute atomic E-state index is 0.0360. The molecule has 0 atom stereocenters. The van der Waals surface area contributed by atoms with Gasteiger partial charge in [-0.05, 0) is 48.9 Å². The molecule has 0 heterocycles. The molecule has 0 radical (unpaired) electrons. The average molecular weight is 290 g/mol. The summed E-state index contributed by atoms with van der Waals surface area (Å²) in [7, 11) is 0. The van der Waals surface area contributed by atoms with E-state index < -0.39 is 0 Å². The van der Waals surface area contributed by atoms with Gasteiger partial charge >= 0.3 is 0 Å². The number of benzene rings is 1. The lowest BCUT2D eigenvalue weighted by molar-refractivity contribution is -0.123. The minimum Gasteiger partial charge on any atom is -0.483 e. The molecule has 21 heavy (non-hydrogen) atoms. The molecule has 0 unspecified atom stereocenters. The monoisotopic (exact) mass is 290 g/mol. The number of carbonyl (C=O) groups is 1. The molecule has 2 rings (SSSR count). The largest absolute Gasteiger partial charge is 0.483 e. The molecule has 0 saturated heterocycles. The number of amides is 1. The first kappa shape index (κ1) is 15.7.